The summed E-state index contributed by atoms with van der Waals surface area (Å²) in [5.74, 6) is 9.77. The van der Waals surface area contributed by atoms with Gasteiger partial charge in [0, 0.05) is 181 Å². The van der Waals surface area contributed by atoms with Crippen molar-refractivity contribution >= 4 is 174 Å². The summed E-state index contributed by atoms with van der Waals surface area (Å²) in [6.07, 6.45) is 13.3. The first-order valence-electron chi connectivity index (χ1n) is 39.4. The molecule has 0 atom stereocenters. The maximum atomic E-state index is 10.3. The van der Waals surface area contributed by atoms with Gasteiger partial charge in [-0.1, -0.05) is 6.07 Å². The number of nitrogens with zero attached hydrogens (tertiary/aromatic N) is 15. The Morgan fingerprint density at radius 2 is 0.766 bits per heavy atom. The molecule has 4 fully saturated rings. The van der Waals surface area contributed by atoms with Crippen LogP contribution in [0.4, 0.5) is 52.1 Å². The zero-order chi connectivity index (χ0) is 86.4. The molecule has 0 spiro atoms. The number of halogens is 4. The standard InChI is InChI=1S/C23H25N7O.C22H23N7O.C16H26BN3O2.C13H11IN4O.C7H10N2O.C6H5IN2O.2ClH/c1-29-7-9-30(10-8-29)21-6-3-15(13-25-21)16-11-18(22(24)26-14-16)23-27-19-5-4-17(31-2)12-20(19)28-23;1-30-16-3-4-18-19(11-16)28-22(27-18)17-10-15(13-26-21(17)23)14-2-5-20(25-12-14)29-8-6-24-7-9-29;1-15(2)16(3,4)22-17(21-15)13-6-7-14(18-12-13)20-10-8-19(5)9-11-20;1-19-8-2-3-10-11(5-8)18-13(17-10)9-4-7(14)6-16-12(9)15;1-10-5-2-3-6(8)7(9)4-5;7-5-1-4(3-10)6(8)9-2-5;;/h3-6,11-14H,7-10H2,1-2H3,(H2,24,26)(H,27,28);2-5,10-13,24H,6-9H2,1H3,(H2,23,26)(H,27,28);6-7,12H,8-11H2,1-5H3;2-6H,1H3,(H2,15,16)(H,17,18);2-4H,8-9H2,1H3;1-3H,(H2,8,9);2*1H. The van der Waals surface area contributed by atoms with E-state index in [9.17, 15) is 4.79 Å². The number of H-pyrrole nitrogens is 3. The van der Waals surface area contributed by atoms with E-state index < -0.39 is 0 Å². The summed E-state index contributed by atoms with van der Waals surface area (Å²) in [5, 5.41) is 3.36. The second kappa shape index (κ2) is 42.1. The van der Waals surface area contributed by atoms with E-state index in [0.717, 1.165) is 204 Å². The van der Waals surface area contributed by atoms with Gasteiger partial charge in [0.2, 0.25) is 0 Å². The number of carbonyl (C=O) groups excluding carboxylic acids is 1. The highest BCUT2D eigenvalue weighted by Gasteiger charge is 2.52. The van der Waals surface area contributed by atoms with Crippen molar-refractivity contribution in [3.63, 3.8) is 0 Å². The summed E-state index contributed by atoms with van der Waals surface area (Å²) < 4.78 is 34.8. The first kappa shape index (κ1) is 93.0. The van der Waals surface area contributed by atoms with Crippen molar-refractivity contribution in [2.24, 2.45) is 0 Å². The second-order valence-electron chi connectivity index (χ2n) is 30.2. The smallest absolute Gasteiger partial charge is 0.496 e. The van der Waals surface area contributed by atoms with Crippen LogP contribution in [-0.2, 0) is 9.31 Å². The van der Waals surface area contributed by atoms with Crippen LogP contribution in [0.15, 0.2) is 177 Å². The molecule has 648 valence electrons. The van der Waals surface area contributed by atoms with Crippen molar-refractivity contribution in [1.29, 1.82) is 0 Å². The fraction of sp³-hybridized carbons (Fsp3) is 0.276. The van der Waals surface area contributed by atoms with Gasteiger partial charge in [-0.25, -0.2) is 49.8 Å². The van der Waals surface area contributed by atoms with E-state index in [-0.39, 0.29) is 49.0 Å². The molecule has 4 aromatic carbocycles. The number of likely N-dealkylation sites (N-methyl/N-ethyl adjacent to an activating group) is 2. The largest absolute Gasteiger partial charge is 0.497 e. The Balaban J connectivity index is 0.000000151. The third-order valence-corrected chi connectivity index (χ3v) is 22.6. The van der Waals surface area contributed by atoms with Crippen molar-refractivity contribution < 1.29 is 33.1 Å². The lowest BCUT2D eigenvalue weighted by Crippen LogP contribution is -2.45. The molecule has 0 unspecified atom stereocenters. The number of nitrogens with two attached hydrogens (primary N) is 6. The average Bonchev–Trinajstić information content (AvgIpc) is 1.63. The number of nitrogens with one attached hydrogen (secondary N) is 4. The molecule has 37 heteroatoms. The van der Waals surface area contributed by atoms with Gasteiger partial charge in [-0.05, 0) is 190 Å². The molecule has 0 radical (unpaired) electrons. The van der Waals surface area contributed by atoms with E-state index in [0.29, 0.717) is 58.2 Å². The van der Waals surface area contributed by atoms with Crippen LogP contribution in [0.25, 0.3) is 89.5 Å². The number of fused-ring (bicyclic) bond motifs is 3. The molecule has 18 rings (SSSR count). The molecule has 0 saturated carbocycles. The SMILES string of the molecule is CN1CCN(c2ccc(B3OC(C)(C)C(C)(C)O3)cn2)CC1.COc1ccc(N)c(N)c1.COc1ccc2nc(-c3cc(-c4ccc(N5CCN(C)CC5)nc4)cnc3N)[nH]c2c1.COc1ccc2nc(-c3cc(-c4ccc(N5CCNCC5)nc4)cnc3N)[nH]c2c1.COc1ccc2nc(-c3cc(I)cnc3N)[nH]c2c1.Cl.Cl.Nc1ncc(I)cc1C=O. The van der Waals surface area contributed by atoms with Crippen molar-refractivity contribution in [1.82, 2.24) is 79.9 Å². The molecule has 4 aliphatic heterocycles. The molecule has 14 heterocycles. The van der Waals surface area contributed by atoms with Crippen LogP contribution < -0.4 is 78.8 Å². The highest BCUT2D eigenvalue weighted by atomic mass is 127. The zero-order valence-corrected chi connectivity index (χ0v) is 76.4. The number of hydrogen-bond donors (Lipinski definition) is 10. The predicted octanol–water partition coefficient (Wildman–Crippen LogP) is 12.5. The Labute approximate surface area is 759 Å². The van der Waals surface area contributed by atoms with Gasteiger partial charge in [0.05, 0.1) is 106 Å². The van der Waals surface area contributed by atoms with Crippen LogP contribution in [0, 0.1) is 7.14 Å². The maximum Gasteiger partial charge on any atom is 0.496 e. The average molecular weight is 1950 g/mol. The maximum absolute atomic E-state index is 10.3. The van der Waals surface area contributed by atoms with Gasteiger partial charge in [-0.3, -0.25) is 4.79 Å². The van der Waals surface area contributed by atoms with Crippen LogP contribution in [0.1, 0.15) is 38.1 Å². The fourth-order valence-corrected chi connectivity index (χ4v) is 14.3. The van der Waals surface area contributed by atoms with Crippen molar-refractivity contribution in [2.75, 3.05) is 170 Å². The minimum atomic E-state index is -0.334. The summed E-state index contributed by atoms with van der Waals surface area (Å²) in [7, 11) is 10.5. The number of carbonyl (C=O) groups is 1. The highest BCUT2D eigenvalue weighted by molar-refractivity contribution is 14.1. The number of rotatable bonds is 14. The second-order valence-corrected chi connectivity index (χ2v) is 32.7. The number of piperazine rings is 3. The van der Waals surface area contributed by atoms with Gasteiger partial charge < -0.3 is 107 Å². The topological polar surface area (TPSA) is 433 Å². The van der Waals surface area contributed by atoms with Crippen molar-refractivity contribution in [3.05, 3.63) is 190 Å². The van der Waals surface area contributed by atoms with Crippen LogP contribution in [0.2, 0.25) is 0 Å². The lowest BCUT2D eigenvalue weighted by atomic mass is 9.80. The van der Waals surface area contributed by atoms with Crippen LogP contribution in [0.5, 0.6) is 23.0 Å². The number of ether oxygens (including phenoxy) is 4. The summed E-state index contributed by atoms with van der Waals surface area (Å²) in [6, 6.07) is 42.4. The number of benzene rings is 4. The Kier molecular flexibility index (Phi) is 31.6. The molecular formula is C87H102BCl2I2N25O7. The molecule has 0 amide bonds. The first-order valence-corrected chi connectivity index (χ1v) is 41.6. The number of aromatic amines is 3. The van der Waals surface area contributed by atoms with Gasteiger partial charge in [0.15, 0.2) is 6.29 Å². The minimum absolute atomic E-state index is 0. The van der Waals surface area contributed by atoms with Gasteiger partial charge in [0.1, 0.15) is 81.2 Å². The third kappa shape index (κ3) is 23.0. The van der Waals surface area contributed by atoms with Gasteiger partial charge in [-0.2, -0.15) is 0 Å². The molecule has 0 bridgehead atoms. The van der Waals surface area contributed by atoms with Crippen molar-refractivity contribution in [3.8, 4) is 79.4 Å². The normalized spacial score (nSPS) is 14.7. The highest BCUT2D eigenvalue weighted by Crippen LogP contribution is 2.38. The van der Waals surface area contributed by atoms with E-state index in [4.69, 9.17) is 67.6 Å². The zero-order valence-electron chi connectivity index (χ0n) is 70.5. The molecule has 4 saturated heterocycles. The summed E-state index contributed by atoms with van der Waals surface area (Å²) >= 11 is 4.27. The number of aromatic nitrogens is 13. The number of hydrogen-bond acceptors (Lipinski definition) is 29. The molecular weight excluding hydrogens is 1840 g/mol. The Hall–Kier alpha value is -11.7. The monoisotopic (exact) mass is 1940 g/mol. The van der Waals surface area contributed by atoms with Gasteiger partial charge in [-0.15, -0.1) is 24.8 Å². The number of methoxy groups -OCH3 is 4. The molecule has 14 aromatic rings. The molecule has 32 nitrogen and oxygen atoms in total. The molecule has 0 aliphatic carbocycles. The van der Waals surface area contributed by atoms with Crippen LogP contribution >= 0.6 is 70.0 Å². The molecule has 4 aliphatic rings. The quantitative estimate of drug-likeness (QED) is 0.0209. The Morgan fingerprint density at radius 3 is 1.15 bits per heavy atom. The molecule has 10 aromatic heterocycles. The number of pyridine rings is 7. The van der Waals surface area contributed by atoms with E-state index >= 15 is 0 Å². The van der Waals surface area contributed by atoms with Gasteiger partial charge in [0.25, 0.3) is 0 Å². The van der Waals surface area contributed by atoms with Crippen LogP contribution in [-0.4, -0.2) is 220 Å². The number of anilines is 9. The minimum Gasteiger partial charge on any atom is -0.497 e. The summed E-state index contributed by atoms with van der Waals surface area (Å²) in [6.45, 7) is 20.5. The van der Waals surface area contributed by atoms with Crippen LogP contribution in [0.3, 0.4) is 0 Å². The summed E-state index contributed by atoms with van der Waals surface area (Å²) in [5.41, 5.74) is 48.0. The van der Waals surface area contributed by atoms with E-state index in [2.05, 4.69) is 213 Å². The first-order chi connectivity index (χ1) is 58.7. The van der Waals surface area contributed by atoms with Gasteiger partial charge >= 0.3 is 7.12 Å². The molecule has 16 N–H and O–H groups in total. The molecule has 124 heavy (non-hydrogen) atoms. The van der Waals surface area contributed by atoms with E-state index in [1.807, 2.05) is 91.4 Å². The predicted molar refractivity (Wildman–Crippen MR) is 518 cm³/mol. The van der Waals surface area contributed by atoms with E-state index in [1.54, 1.807) is 77.5 Å². The number of imidazole rings is 3. The number of aldehydes is 1. The van der Waals surface area contributed by atoms with E-state index in [1.165, 1.54) is 0 Å². The number of nitrogen functional groups attached to an aromatic ring is 6. The summed E-state index contributed by atoms with van der Waals surface area (Å²) in [4.78, 5) is 76.3. The third-order valence-electron chi connectivity index (χ3n) is 21.4. The fourth-order valence-electron chi connectivity index (χ4n) is 13.4. The lowest BCUT2D eigenvalue weighted by Gasteiger charge is -2.33. The van der Waals surface area contributed by atoms with Crippen molar-refractivity contribution in [2.45, 2.75) is 38.9 Å². The Bertz CT molecular complexity index is 5900. The Morgan fingerprint density at radius 1 is 0.403 bits per heavy atom. The lowest BCUT2D eigenvalue weighted by molar-refractivity contribution is 0.00578.